The molecule has 17 heavy (non-hydrogen) atoms. The van der Waals surface area contributed by atoms with Crippen LogP contribution in [0.25, 0.3) is 10.8 Å². The molecule has 2 heteroatoms. The van der Waals surface area contributed by atoms with Crippen LogP contribution >= 0.6 is 0 Å². The van der Waals surface area contributed by atoms with E-state index < -0.39 is 0 Å². The fourth-order valence-electron chi connectivity index (χ4n) is 1.92. The van der Waals surface area contributed by atoms with Crippen LogP contribution in [0.4, 0.5) is 5.69 Å². The van der Waals surface area contributed by atoms with Gasteiger partial charge in [0, 0.05) is 17.6 Å². The lowest BCUT2D eigenvalue weighted by Crippen LogP contribution is -2.04. The van der Waals surface area contributed by atoms with Gasteiger partial charge >= 0.3 is 0 Å². The molecule has 0 atom stereocenters. The molecule has 0 fully saturated rings. The van der Waals surface area contributed by atoms with Gasteiger partial charge in [0.1, 0.15) is 5.75 Å². The van der Waals surface area contributed by atoms with Gasteiger partial charge in [-0.3, -0.25) is 0 Å². The Bertz CT molecular complexity index is 505. The molecule has 0 amide bonds. The van der Waals surface area contributed by atoms with Crippen molar-refractivity contribution in [2.45, 2.75) is 20.3 Å². The average Bonchev–Trinajstić information content (AvgIpc) is 2.28. The van der Waals surface area contributed by atoms with Crippen molar-refractivity contribution in [2.75, 3.05) is 11.9 Å². The van der Waals surface area contributed by atoms with Crippen molar-refractivity contribution in [3.05, 3.63) is 36.4 Å². The van der Waals surface area contributed by atoms with E-state index in [-0.39, 0.29) is 0 Å². The number of benzene rings is 2. The summed E-state index contributed by atoms with van der Waals surface area (Å²) in [7, 11) is 0. The average molecular weight is 229 g/mol. The van der Waals surface area contributed by atoms with Crippen molar-refractivity contribution < 1.29 is 5.11 Å². The first-order chi connectivity index (χ1) is 8.16. The Hall–Kier alpha value is -1.70. The lowest BCUT2D eigenvalue weighted by molar-refractivity contribution is 0.476. The second kappa shape index (κ2) is 5.09. The van der Waals surface area contributed by atoms with Crippen LogP contribution in [0, 0.1) is 5.92 Å². The third kappa shape index (κ3) is 2.90. The molecule has 2 rings (SSSR count). The van der Waals surface area contributed by atoms with E-state index in [1.165, 1.54) is 0 Å². The first-order valence-corrected chi connectivity index (χ1v) is 6.12. The van der Waals surface area contributed by atoms with Crippen LogP contribution in [0.2, 0.25) is 0 Å². The predicted octanol–water partition coefficient (Wildman–Crippen LogP) is 4.00. The largest absolute Gasteiger partial charge is 0.508 e. The van der Waals surface area contributed by atoms with E-state index in [9.17, 15) is 5.11 Å². The molecule has 2 aromatic rings. The Morgan fingerprint density at radius 1 is 1.18 bits per heavy atom. The molecule has 2 aromatic carbocycles. The Kier molecular flexibility index (Phi) is 3.52. The van der Waals surface area contributed by atoms with Gasteiger partial charge in [-0.05, 0) is 42.0 Å². The molecule has 0 heterocycles. The topological polar surface area (TPSA) is 32.3 Å². The van der Waals surface area contributed by atoms with Gasteiger partial charge in [-0.1, -0.05) is 26.0 Å². The number of phenolic OH excluding ortho intramolecular Hbond substituents is 1. The predicted molar refractivity (Wildman–Crippen MR) is 73.6 cm³/mol. The second-order valence-corrected chi connectivity index (χ2v) is 4.82. The highest BCUT2D eigenvalue weighted by Crippen LogP contribution is 2.26. The first kappa shape index (κ1) is 11.8. The van der Waals surface area contributed by atoms with Crippen LogP contribution in [-0.2, 0) is 0 Å². The monoisotopic (exact) mass is 229 g/mol. The van der Waals surface area contributed by atoms with Gasteiger partial charge in [-0.2, -0.15) is 0 Å². The minimum atomic E-state index is 0.317. The molecule has 0 aliphatic heterocycles. The van der Waals surface area contributed by atoms with Crippen LogP contribution in [0.3, 0.4) is 0 Å². The van der Waals surface area contributed by atoms with Crippen LogP contribution in [-0.4, -0.2) is 11.7 Å². The maximum absolute atomic E-state index is 9.45. The number of anilines is 1. The lowest BCUT2D eigenvalue weighted by atomic mass is 10.1. The third-order valence-electron chi connectivity index (χ3n) is 2.90. The molecule has 0 radical (unpaired) electrons. The number of hydrogen-bond donors (Lipinski definition) is 2. The SMILES string of the molecule is CC(C)CCNc1cccc2cc(O)ccc12. The third-order valence-corrected chi connectivity index (χ3v) is 2.90. The Labute approximate surface area is 102 Å². The second-order valence-electron chi connectivity index (χ2n) is 4.82. The van der Waals surface area contributed by atoms with Crippen molar-refractivity contribution in [3.8, 4) is 5.75 Å². The summed E-state index contributed by atoms with van der Waals surface area (Å²) in [6, 6.07) is 11.6. The quantitative estimate of drug-likeness (QED) is 0.830. The highest BCUT2D eigenvalue weighted by molar-refractivity contribution is 5.94. The van der Waals surface area contributed by atoms with Gasteiger partial charge in [0.25, 0.3) is 0 Å². The van der Waals surface area contributed by atoms with Gasteiger partial charge in [-0.25, -0.2) is 0 Å². The van der Waals surface area contributed by atoms with Gasteiger partial charge in [0.15, 0.2) is 0 Å². The first-order valence-electron chi connectivity index (χ1n) is 6.12. The van der Waals surface area contributed by atoms with Gasteiger partial charge in [0.2, 0.25) is 0 Å². The zero-order valence-corrected chi connectivity index (χ0v) is 10.4. The van der Waals surface area contributed by atoms with Crippen molar-refractivity contribution >= 4 is 16.5 Å². The fraction of sp³-hybridized carbons (Fsp3) is 0.333. The minimum Gasteiger partial charge on any atom is -0.508 e. The van der Waals surface area contributed by atoms with Gasteiger partial charge < -0.3 is 10.4 Å². The van der Waals surface area contributed by atoms with E-state index >= 15 is 0 Å². The summed E-state index contributed by atoms with van der Waals surface area (Å²) in [6.07, 6.45) is 1.16. The van der Waals surface area contributed by atoms with Crippen molar-refractivity contribution in [1.29, 1.82) is 0 Å². The molecule has 0 unspecified atom stereocenters. The van der Waals surface area contributed by atoms with Crippen LogP contribution in [0.15, 0.2) is 36.4 Å². The van der Waals surface area contributed by atoms with Gasteiger partial charge in [-0.15, -0.1) is 0 Å². The Morgan fingerprint density at radius 3 is 2.76 bits per heavy atom. The maximum atomic E-state index is 9.45. The molecule has 90 valence electrons. The van der Waals surface area contributed by atoms with E-state index in [4.69, 9.17) is 0 Å². The lowest BCUT2D eigenvalue weighted by Gasteiger charge is -2.11. The molecule has 0 saturated heterocycles. The van der Waals surface area contributed by atoms with Crippen molar-refractivity contribution in [3.63, 3.8) is 0 Å². The van der Waals surface area contributed by atoms with E-state index in [2.05, 4.69) is 25.2 Å². The Balaban J connectivity index is 2.22. The molecule has 0 aliphatic rings. The van der Waals surface area contributed by atoms with Crippen LogP contribution in [0.5, 0.6) is 5.75 Å². The summed E-state index contributed by atoms with van der Waals surface area (Å²) in [5.74, 6) is 1.03. The number of hydrogen-bond acceptors (Lipinski definition) is 2. The summed E-state index contributed by atoms with van der Waals surface area (Å²) >= 11 is 0. The molecule has 2 N–H and O–H groups in total. The molecule has 0 saturated carbocycles. The van der Waals surface area contributed by atoms with Crippen molar-refractivity contribution in [2.24, 2.45) is 5.92 Å². The zero-order valence-electron chi connectivity index (χ0n) is 10.4. The molecule has 0 aliphatic carbocycles. The molecule has 0 aromatic heterocycles. The summed E-state index contributed by atoms with van der Waals surface area (Å²) in [6.45, 7) is 5.43. The smallest absolute Gasteiger partial charge is 0.116 e. The molecular weight excluding hydrogens is 210 g/mol. The molecule has 2 nitrogen and oxygen atoms in total. The van der Waals surface area contributed by atoms with E-state index in [1.54, 1.807) is 12.1 Å². The highest BCUT2D eigenvalue weighted by atomic mass is 16.3. The zero-order chi connectivity index (χ0) is 12.3. The number of nitrogens with one attached hydrogen (secondary N) is 1. The van der Waals surface area contributed by atoms with E-state index in [1.807, 2.05) is 18.2 Å². The highest BCUT2D eigenvalue weighted by Gasteiger charge is 2.01. The summed E-state index contributed by atoms with van der Waals surface area (Å²) in [5, 5.41) is 15.1. The maximum Gasteiger partial charge on any atom is 0.116 e. The number of phenols is 1. The van der Waals surface area contributed by atoms with E-state index in [0.29, 0.717) is 11.7 Å². The standard InChI is InChI=1S/C15H19NO/c1-11(2)8-9-16-15-5-3-4-12-10-13(17)6-7-14(12)15/h3-7,10-11,16-17H,8-9H2,1-2H3. The summed E-state index contributed by atoms with van der Waals surface area (Å²) in [4.78, 5) is 0. The van der Waals surface area contributed by atoms with Crippen LogP contribution < -0.4 is 5.32 Å². The summed E-state index contributed by atoms with van der Waals surface area (Å²) in [5.41, 5.74) is 1.14. The minimum absolute atomic E-state index is 0.317. The number of aromatic hydroxyl groups is 1. The number of fused-ring (bicyclic) bond motifs is 1. The van der Waals surface area contributed by atoms with Gasteiger partial charge in [0.05, 0.1) is 0 Å². The fourth-order valence-corrected chi connectivity index (χ4v) is 1.92. The molecule has 0 bridgehead atoms. The number of rotatable bonds is 4. The summed E-state index contributed by atoms with van der Waals surface area (Å²) < 4.78 is 0. The molecule has 0 spiro atoms. The van der Waals surface area contributed by atoms with Crippen LogP contribution in [0.1, 0.15) is 20.3 Å². The van der Waals surface area contributed by atoms with Crippen molar-refractivity contribution in [1.82, 2.24) is 0 Å². The van der Waals surface area contributed by atoms with E-state index in [0.717, 1.165) is 29.4 Å². The normalized spacial score (nSPS) is 11.0. The molecular formula is C15H19NO. The Morgan fingerprint density at radius 2 is 2.00 bits per heavy atom.